The maximum absolute atomic E-state index is 11.3. The van der Waals surface area contributed by atoms with Gasteiger partial charge in [-0.25, -0.2) is 5.06 Å². The number of amides is 1. The quantitative estimate of drug-likeness (QED) is 0.374. The number of nitrogens with zero attached hydrogens (tertiary/aromatic N) is 1. The van der Waals surface area contributed by atoms with E-state index in [9.17, 15) is 4.79 Å². The summed E-state index contributed by atoms with van der Waals surface area (Å²) in [7, 11) is 1.32. The fourth-order valence-corrected chi connectivity index (χ4v) is 2.19. The third-order valence-electron chi connectivity index (χ3n) is 2.87. The van der Waals surface area contributed by atoms with Gasteiger partial charge in [0.1, 0.15) is 0 Å². The summed E-state index contributed by atoms with van der Waals surface area (Å²) in [6.07, 6.45) is 8.50. The highest BCUT2D eigenvalue weighted by Gasteiger charge is 2.04. The van der Waals surface area contributed by atoms with Crippen LogP contribution in [0.2, 0.25) is 0 Å². The van der Waals surface area contributed by atoms with Gasteiger partial charge in [-0.3, -0.25) is 10.0 Å². The van der Waals surface area contributed by atoms with Gasteiger partial charge in [0, 0.05) is 18.0 Å². The molecule has 3 nitrogen and oxygen atoms in total. The first-order valence-corrected chi connectivity index (χ1v) is 7.62. The Labute approximate surface area is 119 Å². The van der Waals surface area contributed by atoms with Crippen LogP contribution in [-0.2, 0) is 11.2 Å². The molecule has 0 aliphatic heterocycles. The summed E-state index contributed by atoms with van der Waals surface area (Å²) in [5.41, 5.74) is 2.29. The molecule has 0 aliphatic rings. The van der Waals surface area contributed by atoms with Crippen LogP contribution in [0.25, 0.3) is 6.08 Å². The SMILES string of the molecule is CCCCc1cc(SC)ccc1C=CC(=O)N(C)O. The van der Waals surface area contributed by atoms with Crippen molar-refractivity contribution in [1.82, 2.24) is 5.06 Å². The molecule has 0 aromatic heterocycles. The van der Waals surface area contributed by atoms with Crippen molar-refractivity contribution in [3.05, 3.63) is 35.4 Å². The van der Waals surface area contributed by atoms with E-state index in [-0.39, 0.29) is 0 Å². The fourth-order valence-electron chi connectivity index (χ4n) is 1.72. The van der Waals surface area contributed by atoms with Gasteiger partial charge in [0.05, 0.1) is 0 Å². The van der Waals surface area contributed by atoms with Gasteiger partial charge in [-0.2, -0.15) is 0 Å². The van der Waals surface area contributed by atoms with Crippen LogP contribution in [0.4, 0.5) is 0 Å². The standard InChI is InChI=1S/C15H21NO2S/c1-4-5-6-13-11-14(19-3)9-7-12(13)8-10-15(17)16(2)18/h7-11,18H,4-6H2,1-3H3. The van der Waals surface area contributed by atoms with Crippen molar-refractivity contribution in [1.29, 1.82) is 0 Å². The van der Waals surface area contributed by atoms with Crippen molar-refractivity contribution in [3.8, 4) is 0 Å². The normalized spacial score (nSPS) is 10.9. The molecule has 0 heterocycles. The largest absolute Gasteiger partial charge is 0.286 e. The molecule has 0 saturated heterocycles. The number of thioether (sulfide) groups is 1. The van der Waals surface area contributed by atoms with Crippen LogP contribution in [0.5, 0.6) is 0 Å². The van der Waals surface area contributed by atoms with E-state index in [2.05, 4.69) is 19.2 Å². The Balaban J connectivity index is 2.94. The Kier molecular flexibility index (Phi) is 6.67. The van der Waals surface area contributed by atoms with Gasteiger partial charge in [0.2, 0.25) is 0 Å². The number of rotatable bonds is 6. The monoisotopic (exact) mass is 279 g/mol. The number of hydrogen-bond donors (Lipinski definition) is 1. The van der Waals surface area contributed by atoms with Crippen LogP contribution in [-0.4, -0.2) is 29.5 Å². The summed E-state index contributed by atoms with van der Waals surface area (Å²) < 4.78 is 0. The fraction of sp³-hybridized carbons (Fsp3) is 0.400. The number of aryl methyl sites for hydroxylation is 1. The second-order valence-electron chi connectivity index (χ2n) is 4.36. The second-order valence-corrected chi connectivity index (χ2v) is 5.24. The van der Waals surface area contributed by atoms with Crippen LogP contribution in [0, 0.1) is 0 Å². The summed E-state index contributed by atoms with van der Waals surface area (Å²) in [6, 6.07) is 6.25. The average Bonchev–Trinajstić information content (AvgIpc) is 2.42. The minimum absolute atomic E-state index is 0.421. The van der Waals surface area contributed by atoms with Gasteiger partial charge in [0.25, 0.3) is 5.91 Å². The van der Waals surface area contributed by atoms with Gasteiger partial charge < -0.3 is 0 Å². The van der Waals surface area contributed by atoms with Crippen LogP contribution in [0.3, 0.4) is 0 Å². The van der Waals surface area contributed by atoms with Gasteiger partial charge in [0.15, 0.2) is 0 Å². The molecular weight excluding hydrogens is 258 g/mol. The molecule has 0 spiro atoms. The lowest BCUT2D eigenvalue weighted by Gasteiger charge is -2.08. The maximum atomic E-state index is 11.3. The third-order valence-corrected chi connectivity index (χ3v) is 3.60. The van der Waals surface area contributed by atoms with Crippen molar-refractivity contribution < 1.29 is 10.0 Å². The van der Waals surface area contributed by atoms with Crippen molar-refractivity contribution in [2.45, 2.75) is 31.1 Å². The number of unbranched alkanes of at least 4 members (excludes halogenated alkanes) is 1. The molecule has 1 aromatic carbocycles. The zero-order chi connectivity index (χ0) is 14.3. The van der Waals surface area contributed by atoms with E-state index >= 15 is 0 Å². The Morgan fingerprint density at radius 3 is 2.79 bits per heavy atom. The first-order valence-electron chi connectivity index (χ1n) is 6.40. The van der Waals surface area contributed by atoms with Crippen LogP contribution in [0.15, 0.2) is 29.2 Å². The van der Waals surface area contributed by atoms with Crippen molar-refractivity contribution in [2.75, 3.05) is 13.3 Å². The lowest BCUT2D eigenvalue weighted by molar-refractivity contribution is -0.153. The smallest absolute Gasteiger partial charge is 0.269 e. The molecule has 0 bridgehead atoms. The average molecular weight is 279 g/mol. The summed E-state index contributed by atoms with van der Waals surface area (Å²) in [5.74, 6) is -0.421. The molecule has 0 fully saturated rings. The van der Waals surface area contributed by atoms with Crippen LogP contribution >= 0.6 is 11.8 Å². The number of carbonyl (C=O) groups excluding carboxylic acids is 1. The van der Waals surface area contributed by atoms with Crippen LogP contribution in [0.1, 0.15) is 30.9 Å². The first-order chi connectivity index (χ1) is 9.08. The molecule has 0 saturated carbocycles. The number of carbonyl (C=O) groups is 1. The first kappa shape index (κ1) is 15.8. The Morgan fingerprint density at radius 2 is 2.21 bits per heavy atom. The van der Waals surface area contributed by atoms with E-state index in [0.29, 0.717) is 5.06 Å². The van der Waals surface area contributed by atoms with E-state index in [1.54, 1.807) is 17.8 Å². The minimum atomic E-state index is -0.421. The van der Waals surface area contributed by atoms with Crippen molar-refractivity contribution in [3.63, 3.8) is 0 Å². The third kappa shape index (κ3) is 5.09. The summed E-state index contributed by atoms with van der Waals surface area (Å²) in [5, 5.41) is 9.60. The van der Waals surface area contributed by atoms with Gasteiger partial charge in [-0.15, -0.1) is 11.8 Å². The summed E-state index contributed by atoms with van der Waals surface area (Å²) in [6.45, 7) is 2.16. The van der Waals surface area contributed by atoms with E-state index < -0.39 is 5.91 Å². The van der Waals surface area contributed by atoms with Gasteiger partial charge >= 0.3 is 0 Å². The van der Waals surface area contributed by atoms with Crippen molar-refractivity contribution in [2.24, 2.45) is 0 Å². The Morgan fingerprint density at radius 1 is 1.47 bits per heavy atom. The molecule has 1 aromatic rings. The van der Waals surface area contributed by atoms with Crippen LogP contribution < -0.4 is 0 Å². The van der Waals surface area contributed by atoms with E-state index in [1.807, 2.05) is 12.1 Å². The highest BCUT2D eigenvalue weighted by molar-refractivity contribution is 7.98. The molecule has 4 heteroatoms. The number of likely N-dealkylation sites (N-methyl/N-ethyl adjacent to an activating group) is 1. The molecule has 1 amide bonds. The second kappa shape index (κ2) is 8.02. The Hall–Kier alpha value is -1.26. The predicted octanol–water partition coefficient (Wildman–Crippen LogP) is 3.61. The van der Waals surface area contributed by atoms with E-state index in [0.717, 1.165) is 24.8 Å². The number of hydroxylamine groups is 2. The molecular formula is C15H21NO2S. The topological polar surface area (TPSA) is 40.5 Å². The van der Waals surface area contributed by atoms with Crippen molar-refractivity contribution >= 4 is 23.7 Å². The molecule has 1 N–H and O–H groups in total. The minimum Gasteiger partial charge on any atom is -0.286 e. The predicted molar refractivity (Wildman–Crippen MR) is 80.4 cm³/mol. The number of benzene rings is 1. The molecule has 0 unspecified atom stereocenters. The zero-order valence-corrected chi connectivity index (χ0v) is 12.5. The van der Waals surface area contributed by atoms with Gasteiger partial charge in [-0.05, 0) is 48.4 Å². The molecule has 0 radical (unpaired) electrons. The summed E-state index contributed by atoms with van der Waals surface area (Å²) in [4.78, 5) is 12.6. The highest BCUT2D eigenvalue weighted by Crippen LogP contribution is 2.22. The molecule has 0 aliphatic carbocycles. The lowest BCUT2D eigenvalue weighted by Crippen LogP contribution is -2.19. The van der Waals surface area contributed by atoms with Gasteiger partial charge in [-0.1, -0.05) is 19.4 Å². The Bertz CT molecular complexity index is 455. The summed E-state index contributed by atoms with van der Waals surface area (Å²) >= 11 is 1.72. The number of hydrogen-bond acceptors (Lipinski definition) is 3. The lowest BCUT2D eigenvalue weighted by atomic mass is 10.0. The zero-order valence-electron chi connectivity index (χ0n) is 11.7. The molecule has 104 valence electrons. The molecule has 0 atom stereocenters. The molecule has 1 rings (SSSR count). The van der Waals surface area contributed by atoms with E-state index in [1.165, 1.54) is 23.6 Å². The molecule has 19 heavy (non-hydrogen) atoms. The van der Waals surface area contributed by atoms with E-state index in [4.69, 9.17) is 5.21 Å². The highest BCUT2D eigenvalue weighted by atomic mass is 32.2. The maximum Gasteiger partial charge on any atom is 0.269 e.